The van der Waals surface area contributed by atoms with Gasteiger partial charge < -0.3 is 14.5 Å². The Labute approximate surface area is 145 Å². The molecule has 0 aliphatic carbocycles. The topological polar surface area (TPSA) is 115 Å². The number of furan rings is 1. The molecule has 2 N–H and O–H groups in total. The molecule has 0 aliphatic heterocycles. The van der Waals surface area contributed by atoms with Gasteiger partial charge in [-0.2, -0.15) is 0 Å². The van der Waals surface area contributed by atoms with Crippen LogP contribution in [0.15, 0.2) is 52.0 Å². The number of hydrogen-bond acceptors (Lipinski definition) is 6. The molecule has 1 aromatic heterocycles. The summed E-state index contributed by atoms with van der Waals surface area (Å²) in [5.41, 5.74) is 0.147. The van der Waals surface area contributed by atoms with Gasteiger partial charge in [-0.3, -0.25) is 4.79 Å². The highest BCUT2D eigenvalue weighted by atomic mass is 32.2. The molecule has 9 heteroatoms. The van der Waals surface area contributed by atoms with Crippen LogP contribution >= 0.6 is 0 Å². The Morgan fingerprint density at radius 2 is 1.88 bits per heavy atom. The number of nitrogens with one attached hydrogen (secondary N) is 2. The monoisotopic (exact) mass is 366 g/mol. The van der Waals surface area contributed by atoms with Gasteiger partial charge in [-0.1, -0.05) is 0 Å². The van der Waals surface area contributed by atoms with Crippen molar-refractivity contribution in [2.45, 2.75) is 18.4 Å². The molecular weight excluding hydrogens is 348 g/mol. The number of carbonyl (C=O) groups excluding carboxylic acids is 2. The zero-order valence-electron chi connectivity index (χ0n) is 13.5. The number of benzene rings is 1. The number of sulfonamides is 1. The maximum absolute atomic E-state index is 12.2. The van der Waals surface area contributed by atoms with Crippen LogP contribution in [0, 0.1) is 0 Å². The van der Waals surface area contributed by atoms with Gasteiger partial charge in [-0.05, 0) is 43.3 Å². The third kappa shape index (κ3) is 5.44. The minimum Gasteiger partial charge on any atom is -0.468 e. The highest BCUT2D eigenvalue weighted by Gasteiger charge is 2.16. The Morgan fingerprint density at radius 3 is 2.48 bits per heavy atom. The van der Waals surface area contributed by atoms with Crippen molar-refractivity contribution in [3.8, 4) is 0 Å². The molecule has 0 aliphatic rings. The van der Waals surface area contributed by atoms with Gasteiger partial charge in [0.2, 0.25) is 10.0 Å². The standard InChI is InChI=1S/C16H18N2O6S/c1-2-17-15(19)11-24-16(20)12-5-7-14(8-6-12)25(21,22)18-10-13-4-3-9-23-13/h3-9,18H,2,10-11H2,1H3,(H,17,19). The van der Waals surface area contributed by atoms with Crippen LogP contribution in [0.1, 0.15) is 23.0 Å². The van der Waals surface area contributed by atoms with E-state index >= 15 is 0 Å². The van der Waals surface area contributed by atoms with Crippen LogP contribution in [0.2, 0.25) is 0 Å². The van der Waals surface area contributed by atoms with Crippen LogP contribution < -0.4 is 10.0 Å². The number of ether oxygens (including phenoxy) is 1. The van der Waals surface area contributed by atoms with E-state index in [2.05, 4.69) is 10.0 Å². The smallest absolute Gasteiger partial charge is 0.338 e. The Kier molecular flexibility index (Phi) is 6.31. The molecule has 0 radical (unpaired) electrons. The Hall–Kier alpha value is -2.65. The summed E-state index contributed by atoms with van der Waals surface area (Å²) in [6.45, 7) is 1.82. The highest BCUT2D eigenvalue weighted by molar-refractivity contribution is 7.89. The Balaban J connectivity index is 1.96. The molecule has 2 rings (SSSR count). The summed E-state index contributed by atoms with van der Waals surface area (Å²) in [7, 11) is -3.74. The molecule has 0 saturated heterocycles. The van der Waals surface area contributed by atoms with Gasteiger partial charge in [-0.25, -0.2) is 17.9 Å². The van der Waals surface area contributed by atoms with Crippen molar-refractivity contribution >= 4 is 21.9 Å². The molecule has 0 atom stereocenters. The fraction of sp³-hybridized carbons (Fsp3) is 0.250. The first-order valence-electron chi connectivity index (χ1n) is 7.48. The van der Waals surface area contributed by atoms with Gasteiger partial charge in [0.1, 0.15) is 5.76 Å². The highest BCUT2D eigenvalue weighted by Crippen LogP contribution is 2.12. The van der Waals surface area contributed by atoms with Gasteiger partial charge in [0.15, 0.2) is 6.61 Å². The average Bonchev–Trinajstić information content (AvgIpc) is 3.12. The summed E-state index contributed by atoms with van der Waals surface area (Å²) in [5.74, 6) is -0.634. The summed E-state index contributed by atoms with van der Waals surface area (Å²) in [6.07, 6.45) is 1.45. The summed E-state index contributed by atoms with van der Waals surface area (Å²) < 4.78 is 36.6. The minimum atomic E-state index is -3.74. The normalized spacial score (nSPS) is 11.1. The van der Waals surface area contributed by atoms with Gasteiger partial charge in [0.25, 0.3) is 5.91 Å². The van der Waals surface area contributed by atoms with E-state index in [1.165, 1.54) is 30.5 Å². The van der Waals surface area contributed by atoms with Gasteiger partial charge in [-0.15, -0.1) is 0 Å². The molecule has 8 nitrogen and oxygen atoms in total. The molecule has 25 heavy (non-hydrogen) atoms. The van der Waals surface area contributed by atoms with Crippen LogP contribution in [0.25, 0.3) is 0 Å². The summed E-state index contributed by atoms with van der Waals surface area (Å²) in [4.78, 5) is 23.1. The number of esters is 1. The van der Waals surface area contributed by atoms with Crippen molar-refractivity contribution < 1.29 is 27.2 Å². The molecule has 1 amide bonds. The van der Waals surface area contributed by atoms with E-state index in [1.807, 2.05) is 0 Å². The summed E-state index contributed by atoms with van der Waals surface area (Å²) in [5, 5.41) is 2.50. The molecule has 1 heterocycles. The van der Waals surface area contributed by atoms with Crippen LogP contribution in [0.5, 0.6) is 0 Å². The van der Waals surface area contributed by atoms with Gasteiger partial charge in [0.05, 0.1) is 23.3 Å². The molecule has 0 unspecified atom stereocenters. The van der Waals surface area contributed by atoms with Crippen molar-refractivity contribution in [3.63, 3.8) is 0 Å². The van der Waals surface area contributed by atoms with Crippen molar-refractivity contribution in [2.75, 3.05) is 13.2 Å². The van der Waals surface area contributed by atoms with E-state index in [4.69, 9.17) is 9.15 Å². The molecule has 0 saturated carbocycles. The van der Waals surface area contributed by atoms with E-state index < -0.39 is 28.5 Å². The second-order valence-electron chi connectivity index (χ2n) is 4.96. The second kappa shape index (κ2) is 8.45. The number of hydrogen-bond donors (Lipinski definition) is 2. The lowest BCUT2D eigenvalue weighted by atomic mass is 10.2. The molecule has 1 aromatic carbocycles. The predicted octanol–water partition coefficient (Wildman–Crippen LogP) is 1.05. The lowest BCUT2D eigenvalue weighted by molar-refractivity contribution is -0.124. The third-order valence-electron chi connectivity index (χ3n) is 3.13. The van der Waals surface area contributed by atoms with E-state index in [1.54, 1.807) is 19.1 Å². The lowest BCUT2D eigenvalue weighted by Crippen LogP contribution is -2.28. The van der Waals surface area contributed by atoms with E-state index in [0.29, 0.717) is 12.3 Å². The fourth-order valence-corrected chi connectivity index (χ4v) is 2.89. The Bertz CT molecular complexity index is 813. The number of rotatable bonds is 8. The van der Waals surface area contributed by atoms with E-state index in [-0.39, 0.29) is 17.0 Å². The molecule has 0 spiro atoms. The van der Waals surface area contributed by atoms with E-state index in [9.17, 15) is 18.0 Å². The summed E-state index contributed by atoms with van der Waals surface area (Å²) >= 11 is 0. The van der Waals surface area contributed by atoms with Crippen molar-refractivity contribution in [1.82, 2.24) is 10.0 Å². The minimum absolute atomic E-state index is 0.000618. The molecular formula is C16H18N2O6S. The summed E-state index contributed by atoms with van der Waals surface area (Å²) in [6, 6.07) is 8.52. The number of amides is 1. The van der Waals surface area contributed by atoms with Gasteiger partial charge >= 0.3 is 5.97 Å². The quantitative estimate of drug-likeness (QED) is 0.675. The van der Waals surface area contributed by atoms with Crippen molar-refractivity contribution in [1.29, 1.82) is 0 Å². The first-order chi connectivity index (χ1) is 11.9. The molecule has 0 bridgehead atoms. The lowest BCUT2D eigenvalue weighted by Gasteiger charge is -2.07. The molecule has 134 valence electrons. The fourth-order valence-electron chi connectivity index (χ4n) is 1.90. The number of carbonyl (C=O) groups is 2. The van der Waals surface area contributed by atoms with Gasteiger partial charge in [0, 0.05) is 6.54 Å². The van der Waals surface area contributed by atoms with Crippen molar-refractivity contribution in [2.24, 2.45) is 0 Å². The Morgan fingerprint density at radius 1 is 1.16 bits per heavy atom. The number of likely N-dealkylation sites (N-methyl/N-ethyl adjacent to an activating group) is 1. The maximum Gasteiger partial charge on any atom is 0.338 e. The van der Waals surface area contributed by atoms with Crippen LogP contribution in [0.3, 0.4) is 0 Å². The van der Waals surface area contributed by atoms with E-state index in [0.717, 1.165) is 0 Å². The predicted molar refractivity (Wildman–Crippen MR) is 88.1 cm³/mol. The third-order valence-corrected chi connectivity index (χ3v) is 4.54. The molecule has 2 aromatic rings. The zero-order chi connectivity index (χ0) is 18.3. The van der Waals surface area contributed by atoms with Crippen LogP contribution in [-0.4, -0.2) is 33.4 Å². The second-order valence-corrected chi connectivity index (χ2v) is 6.72. The average molecular weight is 366 g/mol. The largest absolute Gasteiger partial charge is 0.468 e. The zero-order valence-corrected chi connectivity index (χ0v) is 14.3. The first kappa shape index (κ1) is 18.7. The first-order valence-corrected chi connectivity index (χ1v) is 8.96. The van der Waals surface area contributed by atoms with Crippen molar-refractivity contribution in [3.05, 3.63) is 54.0 Å². The van der Waals surface area contributed by atoms with Crippen LogP contribution in [-0.2, 0) is 26.1 Å². The maximum atomic E-state index is 12.2. The molecule has 0 fully saturated rings. The SMILES string of the molecule is CCNC(=O)COC(=O)c1ccc(S(=O)(=O)NCc2ccco2)cc1. The van der Waals surface area contributed by atoms with Crippen LogP contribution in [0.4, 0.5) is 0 Å².